The molecule has 2 aliphatic rings. The Kier molecular flexibility index (Phi) is 4.85. The average molecular weight is 267 g/mol. The topological polar surface area (TPSA) is 72.3 Å². The lowest BCUT2D eigenvalue weighted by Crippen LogP contribution is -2.55. The minimum atomic E-state index is -0.741. The van der Waals surface area contributed by atoms with Crippen molar-refractivity contribution in [1.82, 2.24) is 4.90 Å². The number of hydrogen-bond acceptors (Lipinski definition) is 3. The summed E-state index contributed by atoms with van der Waals surface area (Å²) < 4.78 is 0. The molecule has 0 aromatic carbocycles. The zero-order valence-corrected chi connectivity index (χ0v) is 12.2. The Morgan fingerprint density at radius 3 is 2.53 bits per heavy atom. The molecule has 0 aliphatic heterocycles. The predicted octanol–water partition coefficient (Wildman–Crippen LogP) is 1.62. The van der Waals surface area contributed by atoms with Gasteiger partial charge in [-0.05, 0) is 51.1 Å². The van der Waals surface area contributed by atoms with E-state index in [4.69, 9.17) is 11.5 Å². The average Bonchev–Trinajstić information content (AvgIpc) is 3.01. The normalized spacial score (nSPS) is 32.3. The van der Waals surface area contributed by atoms with Crippen molar-refractivity contribution in [1.29, 1.82) is 0 Å². The number of carbonyl (C=O) groups is 1. The Hall–Kier alpha value is -0.610. The number of rotatable bonds is 6. The maximum atomic E-state index is 11.6. The van der Waals surface area contributed by atoms with Gasteiger partial charge in [0.2, 0.25) is 5.91 Å². The van der Waals surface area contributed by atoms with Crippen molar-refractivity contribution in [3.8, 4) is 0 Å². The summed E-state index contributed by atoms with van der Waals surface area (Å²) in [4.78, 5) is 14.2. The Balaban J connectivity index is 1.88. The van der Waals surface area contributed by atoms with Crippen LogP contribution in [0.5, 0.6) is 0 Å². The van der Waals surface area contributed by atoms with E-state index in [0.717, 1.165) is 44.8 Å². The molecule has 0 aromatic rings. The molecule has 4 N–H and O–H groups in total. The van der Waals surface area contributed by atoms with E-state index in [2.05, 4.69) is 11.8 Å². The molecule has 1 amide bonds. The third-order valence-electron chi connectivity index (χ3n) is 5.34. The Bertz CT molecular complexity index is 315. The zero-order valence-electron chi connectivity index (χ0n) is 12.2. The van der Waals surface area contributed by atoms with Gasteiger partial charge >= 0.3 is 0 Å². The Morgan fingerprint density at radius 2 is 1.95 bits per heavy atom. The molecule has 2 fully saturated rings. The summed E-state index contributed by atoms with van der Waals surface area (Å²) in [6, 6.07) is 0.757. The van der Waals surface area contributed by atoms with Crippen LogP contribution in [-0.2, 0) is 4.79 Å². The minimum absolute atomic E-state index is 0.278. The van der Waals surface area contributed by atoms with Gasteiger partial charge in [-0.25, -0.2) is 0 Å². The molecule has 0 bridgehead atoms. The van der Waals surface area contributed by atoms with Gasteiger partial charge in [0, 0.05) is 6.04 Å². The van der Waals surface area contributed by atoms with E-state index in [1.807, 2.05) is 0 Å². The molecule has 4 heteroatoms. The van der Waals surface area contributed by atoms with E-state index in [1.54, 1.807) is 0 Å². The van der Waals surface area contributed by atoms with E-state index in [0.29, 0.717) is 0 Å². The van der Waals surface area contributed by atoms with E-state index in [9.17, 15) is 4.79 Å². The lowest BCUT2D eigenvalue weighted by molar-refractivity contribution is -0.124. The highest BCUT2D eigenvalue weighted by atomic mass is 16.1. The van der Waals surface area contributed by atoms with Crippen molar-refractivity contribution in [2.24, 2.45) is 17.4 Å². The first kappa shape index (κ1) is 14.8. The van der Waals surface area contributed by atoms with Crippen LogP contribution in [0, 0.1) is 5.92 Å². The van der Waals surface area contributed by atoms with Crippen molar-refractivity contribution in [2.45, 2.75) is 69.9 Å². The first-order valence-corrected chi connectivity index (χ1v) is 7.90. The largest absolute Gasteiger partial charge is 0.368 e. The maximum absolute atomic E-state index is 11.6. The highest BCUT2D eigenvalue weighted by Crippen LogP contribution is 2.36. The molecule has 2 aliphatic carbocycles. The van der Waals surface area contributed by atoms with Gasteiger partial charge < -0.3 is 16.4 Å². The minimum Gasteiger partial charge on any atom is -0.368 e. The third kappa shape index (κ3) is 3.11. The molecule has 2 atom stereocenters. The van der Waals surface area contributed by atoms with Crippen molar-refractivity contribution < 1.29 is 4.79 Å². The van der Waals surface area contributed by atoms with Crippen LogP contribution in [-0.4, -0.2) is 35.5 Å². The van der Waals surface area contributed by atoms with E-state index < -0.39 is 5.54 Å². The summed E-state index contributed by atoms with van der Waals surface area (Å²) in [6.45, 7) is 4.40. The van der Waals surface area contributed by atoms with Gasteiger partial charge in [0.1, 0.15) is 0 Å². The van der Waals surface area contributed by atoms with Gasteiger partial charge in [0.25, 0.3) is 0 Å². The molecular weight excluding hydrogens is 238 g/mol. The summed E-state index contributed by atoms with van der Waals surface area (Å²) in [5, 5.41) is 0. The van der Waals surface area contributed by atoms with Gasteiger partial charge in [0.05, 0.1) is 5.54 Å². The molecule has 2 saturated carbocycles. The van der Waals surface area contributed by atoms with Crippen LogP contribution < -0.4 is 11.5 Å². The zero-order chi connectivity index (χ0) is 13.9. The lowest BCUT2D eigenvalue weighted by atomic mass is 9.85. The fraction of sp³-hybridized carbons (Fsp3) is 0.933. The van der Waals surface area contributed by atoms with Gasteiger partial charge in [-0.15, -0.1) is 0 Å². The van der Waals surface area contributed by atoms with Crippen molar-refractivity contribution >= 4 is 5.91 Å². The van der Waals surface area contributed by atoms with Gasteiger partial charge in [-0.3, -0.25) is 4.79 Å². The fourth-order valence-corrected chi connectivity index (χ4v) is 4.02. The summed E-state index contributed by atoms with van der Waals surface area (Å²) in [6.07, 6.45) is 9.29. The van der Waals surface area contributed by atoms with Crippen LogP contribution in [0.4, 0.5) is 0 Å². The molecule has 0 saturated heterocycles. The second-order valence-electron chi connectivity index (χ2n) is 6.35. The third-order valence-corrected chi connectivity index (χ3v) is 5.34. The molecular formula is C15H29N3O. The molecule has 2 unspecified atom stereocenters. The van der Waals surface area contributed by atoms with Crippen LogP contribution in [0.1, 0.15) is 58.3 Å². The summed E-state index contributed by atoms with van der Waals surface area (Å²) in [5.41, 5.74) is 11.0. The molecule has 110 valence electrons. The molecule has 0 spiro atoms. The second-order valence-corrected chi connectivity index (χ2v) is 6.35. The first-order valence-electron chi connectivity index (χ1n) is 7.90. The quantitative estimate of drug-likeness (QED) is 0.768. The van der Waals surface area contributed by atoms with Crippen LogP contribution in [0.2, 0.25) is 0 Å². The highest BCUT2D eigenvalue weighted by molar-refractivity contribution is 5.85. The number of primary amides is 1. The standard InChI is InChI=1S/C15H29N3O/c1-2-18(13-7-3-4-8-13)11-9-12-6-5-10-15(12,17)14(16)19/h12-13H,2-11,17H2,1H3,(H2,16,19). The Labute approximate surface area is 116 Å². The number of nitrogens with zero attached hydrogens (tertiary/aromatic N) is 1. The van der Waals surface area contributed by atoms with Gasteiger partial charge in [0.15, 0.2) is 0 Å². The summed E-state index contributed by atoms with van der Waals surface area (Å²) in [5.74, 6) is -0.0284. The molecule has 4 nitrogen and oxygen atoms in total. The molecule has 19 heavy (non-hydrogen) atoms. The summed E-state index contributed by atoms with van der Waals surface area (Å²) in [7, 11) is 0. The van der Waals surface area contributed by atoms with Crippen molar-refractivity contribution in [3.05, 3.63) is 0 Å². The van der Waals surface area contributed by atoms with Crippen LogP contribution >= 0.6 is 0 Å². The monoisotopic (exact) mass is 267 g/mol. The predicted molar refractivity (Wildman–Crippen MR) is 77.6 cm³/mol. The Morgan fingerprint density at radius 1 is 1.26 bits per heavy atom. The van der Waals surface area contributed by atoms with Gasteiger partial charge in [-0.2, -0.15) is 0 Å². The SMILES string of the molecule is CCN(CCC1CCCC1(N)C(N)=O)C1CCCC1. The molecule has 0 heterocycles. The second kappa shape index (κ2) is 6.23. The molecule has 0 aromatic heterocycles. The van der Waals surface area contributed by atoms with Gasteiger partial charge in [-0.1, -0.05) is 26.2 Å². The van der Waals surface area contributed by atoms with E-state index in [-0.39, 0.29) is 11.8 Å². The van der Waals surface area contributed by atoms with E-state index >= 15 is 0 Å². The first-order chi connectivity index (χ1) is 9.08. The number of carbonyl (C=O) groups excluding carboxylic acids is 1. The maximum Gasteiger partial charge on any atom is 0.237 e. The highest BCUT2D eigenvalue weighted by Gasteiger charge is 2.44. The van der Waals surface area contributed by atoms with Crippen LogP contribution in [0.3, 0.4) is 0 Å². The number of amides is 1. The van der Waals surface area contributed by atoms with E-state index in [1.165, 1.54) is 25.7 Å². The molecule has 2 rings (SSSR count). The van der Waals surface area contributed by atoms with Crippen LogP contribution in [0.15, 0.2) is 0 Å². The number of nitrogens with two attached hydrogens (primary N) is 2. The summed E-state index contributed by atoms with van der Waals surface area (Å²) >= 11 is 0. The fourth-order valence-electron chi connectivity index (χ4n) is 4.02. The van der Waals surface area contributed by atoms with Crippen LogP contribution in [0.25, 0.3) is 0 Å². The lowest BCUT2D eigenvalue weighted by Gasteiger charge is -2.32. The molecule has 0 radical (unpaired) electrons. The van der Waals surface area contributed by atoms with Crippen molar-refractivity contribution in [2.75, 3.05) is 13.1 Å². The smallest absolute Gasteiger partial charge is 0.237 e. The number of hydrogen-bond donors (Lipinski definition) is 2. The van der Waals surface area contributed by atoms with Crippen molar-refractivity contribution in [3.63, 3.8) is 0 Å².